The lowest BCUT2D eigenvalue weighted by Crippen LogP contribution is -2.47. The number of amides is 2. The molecule has 25 heavy (non-hydrogen) atoms. The molecule has 1 aliphatic rings. The minimum atomic E-state index is -0.848. The van der Waals surface area contributed by atoms with Gasteiger partial charge in [-0.1, -0.05) is 13.8 Å². The van der Waals surface area contributed by atoms with Gasteiger partial charge in [0.2, 0.25) is 5.78 Å². The zero-order valence-corrected chi connectivity index (χ0v) is 15.5. The molecular formula is C17H28N2O6. The lowest BCUT2D eigenvalue weighted by atomic mass is 9.87. The number of rotatable bonds is 5. The molecule has 2 N–H and O–H groups in total. The summed E-state index contributed by atoms with van der Waals surface area (Å²) in [5.74, 6) is -2.71. The highest BCUT2D eigenvalue weighted by molar-refractivity contribution is 6.37. The van der Waals surface area contributed by atoms with E-state index < -0.39 is 35.3 Å². The quantitative estimate of drug-likeness (QED) is 0.723. The molecule has 0 aromatic carbocycles. The lowest BCUT2D eigenvalue weighted by molar-refractivity contribution is -0.150. The zero-order valence-electron chi connectivity index (χ0n) is 15.5. The van der Waals surface area contributed by atoms with Crippen molar-refractivity contribution in [3.8, 4) is 0 Å². The normalized spacial score (nSPS) is 20.3. The average Bonchev–Trinajstić information content (AvgIpc) is 2.46. The molecular weight excluding hydrogens is 328 g/mol. The first-order valence-electron chi connectivity index (χ1n) is 8.49. The topological polar surface area (TPSA) is 111 Å². The molecule has 0 bridgehead atoms. The van der Waals surface area contributed by atoms with E-state index in [2.05, 4.69) is 10.8 Å². The standard InChI is InChI=1S/C17H28N2O6/c1-10(2)13(18-16(23)25-17(3,4)5)12(20)9-11-7-6-8-24-19-15(22)14(11)21/h10-11,13H,6-9H2,1-5H3,(H,18,23)(H,19,22). The molecule has 0 spiro atoms. The smallest absolute Gasteiger partial charge is 0.408 e. The Balaban J connectivity index is 2.76. The molecule has 2 amide bonds. The van der Waals surface area contributed by atoms with E-state index in [1.165, 1.54) is 0 Å². The van der Waals surface area contributed by atoms with Crippen molar-refractivity contribution in [1.29, 1.82) is 0 Å². The van der Waals surface area contributed by atoms with Crippen LogP contribution in [0.25, 0.3) is 0 Å². The van der Waals surface area contributed by atoms with E-state index in [1.54, 1.807) is 34.6 Å². The molecule has 2 unspecified atom stereocenters. The van der Waals surface area contributed by atoms with E-state index in [1.807, 2.05) is 0 Å². The van der Waals surface area contributed by atoms with Crippen LogP contribution >= 0.6 is 0 Å². The van der Waals surface area contributed by atoms with Crippen LogP contribution in [0.1, 0.15) is 53.9 Å². The molecule has 1 rings (SSSR count). The summed E-state index contributed by atoms with van der Waals surface area (Å²) >= 11 is 0. The maximum atomic E-state index is 12.6. The van der Waals surface area contributed by atoms with E-state index in [4.69, 9.17) is 9.57 Å². The number of alkyl carbamates (subject to hydrolysis) is 1. The number of hydrogen-bond donors (Lipinski definition) is 2. The van der Waals surface area contributed by atoms with Crippen LogP contribution in [0.15, 0.2) is 0 Å². The molecule has 0 radical (unpaired) electrons. The second kappa shape index (κ2) is 8.94. The van der Waals surface area contributed by atoms with Gasteiger partial charge in [-0.2, -0.15) is 0 Å². The Morgan fingerprint density at radius 3 is 2.52 bits per heavy atom. The molecule has 0 saturated carbocycles. The molecule has 8 heteroatoms. The van der Waals surface area contributed by atoms with Crippen LogP contribution < -0.4 is 10.8 Å². The van der Waals surface area contributed by atoms with E-state index >= 15 is 0 Å². The van der Waals surface area contributed by atoms with Crippen molar-refractivity contribution in [2.24, 2.45) is 11.8 Å². The second-order valence-electron chi connectivity index (χ2n) is 7.52. The first-order chi connectivity index (χ1) is 11.5. The summed E-state index contributed by atoms with van der Waals surface area (Å²) in [6.07, 6.45) is 0.144. The Morgan fingerprint density at radius 1 is 1.32 bits per heavy atom. The predicted octanol–water partition coefficient (Wildman–Crippen LogP) is 1.52. The Labute approximate surface area is 147 Å². The third-order valence-corrected chi connectivity index (χ3v) is 3.69. The number of hydroxylamine groups is 1. The van der Waals surface area contributed by atoms with Gasteiger partial charge < -0.3 is 10.1 Å². The van der Waals surface area contributed by atoms with Gasteiger partial charge in [0.1, 0.15) is 5.60 Å². The molecule has 0 aromatic rings. The predicted molar refractivity (Wildman–Crippen MR) is 89.4 cm³/mol. The average molecular weight is 356 g/mol. The lowest BCUT2D eigenvalue weighted by Gasteiger charge is -2.26. The van der Waals surface area contributed by atoms with Gasteiger partial charge in [-0.3, -0.25) is 19.2 Å². The number of carbonyl (C=O) groups is 4. The van der Waals surface area contributed by atoms with E-state index in [0.29, 0.717) is 12.8 Å². The van der Waals surface area contributed by atoms with E-state index in [-0.39, 0.29) is 24.7 Å². The van der Waals surface area contributed by atoms with E-state index in [9.17, 15) is 19.2 Å². The Kier molecular flexibility index (Phi) is 7.54. The summed E-state index contributed by atoms with van der Waals surface area (Å²) in [6.45, 7) is 9.06. The fourth-order valence-electron chi connectivity index (χ4n) is 2.50. The first-order valence-corrected chi connectivity index (χ1v) is 8.49. The maximum Gasteiger partial charge on any atom is 0.408 e. The number of carbonyl (C=O) groups excluding carboxylic acids is 4. The summed E-state index contributed by atoms with van der Waals surface area (Å²) in [7, 11) is 0. The van der Waals surface area contributed by atoms with Crippen LogP contribution in [-0.2, 0) is 24.0 Å². The molecule has 1 aliphatic heterocycles. The number of ether oxygens (including phenoxy) is 1. The van der Waals surface area contributed by atoms with Crippen molar-refractivity contribution < 1.29 is 28.8 Å². The molecule has 0 aliphatic carbocycles. The second-order valence-corrected chi connectivity index (χ2v) is 7.52. The molecule has 1 saturated heterocycles. The van der Waals surface area contributed by atoms with Crippen LogP contribution in [-0.4, -0.2) is 41.8 Å². The van der Waals surface area contributed by atoms with Crippen molar-refractivity contribution in [3.05, 3.63) is 0 Å². The zero-order chi connectivity index (χ0) is 19.2. The summed E-state index contributed by atoms with van der Waals surface area (Å²) in [4.78, 5) is 53.1. The fraction of sp³-hybridized carbons (Fsp3) is 0.765. The molecule has 0 aromatic heterocycles. The molecule has 2 atom stereocenters. The Bertz CT molecular complexity index is 524. The van der Waals surface area contributed by atoms with Crippen molar-refractivity contribution >= 4 is 23.6 Å². The monoisotopic (exact) mass is 356 g/mol. The first kappa shape index (κ1) is 21.1. The van der Waals surface area contributed by atoms with Gasteiger partial charge in [-0.25, -0.2) is 10.3 Å². The van der Waals surface area contributed by atoms with Crippen LogP contribution in [0.5, 0.6) is 0 Å². The summed E-state index contributed by atoms with van der Waals surface area (Å²) in [5.41, 5.74) is 1.38. The van der Waals surface area contributed by atoms with Crippen molar-refractivity contribution in [2.75, 3.05) is 6.61 Å². The highest BCUT2D eigenvalue weighted by Gasteiger charge is 2.33. The van der Waals surface area contributed by atoms with Gasteiger partial charge in [0, 0.05) is 12.3 Å². The summed E-state index contributed by atoms with van der Waals surface area (Å²) in [5, 5.41) is 2.57. The molecule has 1 heterocycles. The Morgan fingerprint density at radius 2 is 1.96 bits per heavy atom. The molecule has 8 nitrogen and oxygen atoms in total. The molecule has 142 valence electrons. The van der Waals surface area contributed by atoms with Crippen LogP contribution in [0.3, 0.4) is 0 Å². The molecule has 1 fully saturated rings. The van der Waals surface area contributed by atoms with Crippen molar-refractivity contribution in [1.82, 2.24) is 10.8 Å². The third-order valence-electron chi connectivity index (χ3n) is 3.69. The number of ketones is 2. The highest BCUT2D eigenvalue weighted by Crippen LogP contribution is 2.19. The largest absolute Gasteiger partial charge is 0.444 e. The van der Waals surface area contributed by atoms with Gasteiger partial charge >= 0.3 is 12.0 Å². The number of Topliss-reactive ketones (excluding diaryl/α,β-unsaturated/α-hetero) is 2. The van der Waals surface area contributed by atoms with Gasteiger partial charge in [0.15, 0.2) is 5.78 Å². The number of nitrogens with one attached hydrogen (secondary N) is 2. The minimum absolute atomic E-state index is 0.106. The van der Waals surface area contributed by atoms with Crippen LogP contribution in [0.2, 0.25) is 0 Å². The minimum Gasteiger partial charge on any atom is -0.444 e. The maximum absolute atomic E-state index is 12.6. The van der Waals surface area contributed by atoms with E-state index in [0.717, 1.165) is 0 Å². The summed E-state index contributed by atoms with van der Waals surface area (Å²) < 4.78 is 5.18. The third kappa shape index (κ3) is 7.21. The van der Waals surface area contributed by atoms with Gasteiger partial charge in [0.25, 0.3) is 0 Å². The highest BCUT2D eigenvalue weighted by atomic mass is 16.7. The Hall–Kier alpha value is -1.96. The summed E-state index contributed by atoms with van der Waals surface area (Å²) in [6, 6.07) is -0.785. The number of hydrogen-bond acceptors (Lipinski definition) is 6. The van der Waals surface area contributed by atoms with Gasteiger partial charge in [-0.15, -0.1) is 0 Å². The van der Waals surface area contributed by atoms with Crippen LogP contribution in [0, 0.1) is 11.8 Å². The van der Waals surface area contributed by atoms with Crippen molar-refractivity contribution in [3.63, 3.8) is 0 Å². The van der Waals surface area contributed by atoms with Crippen molar-refractivity contribution in [2.45, 2.75) is 65.5 Å². The van der Waals surface area contributed by atoms with Gasteiger partial charge in [-0.05, 0) is 39.5 Å². The van der Waals surface area contributed by atoms with Crippen LogP contribution in [0.4, 0.5) is 4.79 Å². The van der Waals surface area contributed by atoms with Gasteiger partial charge in [0.05, 0.1) is 12.6 Å². The fourth-order valence-corrected chi connectivity index (χ4v) is 2.50. The SMILES string of the molecule is CC(C)C(NC(=O)OC(C)(C)C)C(=O)CC1CCCONC(=O)C1=O.